The van der Waals surface area contributed by atoms with Crippen LogP contribution in [0.25, 0.3) is 0 Å². The molecule has 0 atom stereocenters. The molecule has 0 unspecified atom stereocenters. The van der Waals surface area contributed by atoms with Gasteiger partial charge in [0, 0.05) is 0 Å². The highest BCUT2D eigenvalue weighted by Gasteiger charge is 2.12. The Hall–Kier alpha value is -0.780. The molecule has 15 heavy (non-hydrogen) atoms. The van der Waals surface area contributed by atoms with E-state index in [0.717, 1.165) is 5.92 Å². The molecule has 1 aromatic carbocycles. The molecule has 0 amide bonds. The molecule has 1 aliphatic carbocycles. The van der Waals surface area contributed by atoms with Crippen LogP contribution in [-0.2, 0) is 6.42 Å². The summed E-state index contributed by atoms with van der Waals surface area (Å²) >= 11 is 0. The molecular weight excluding hydrogens is 180 g/mol. The maximum Gasteiger partial charge on any atom is -0.0281 e. The summed E-state index contributed by atoms with van der Waals surface area (Å²) in [5.74, 6) is 1.08. The van der Waals surface area contributed by atoms with Crippen LogP contribution in [0.2, 0.25) is 0 Å². The number of hydrogen-bond acceptors (Lipinski definition) is 0. The Bertz CT molecular complexity index is 209. The predicted molar refractivity (Wildman–Crippen MR) is 72.3 cm³/mol. The average molecular weight is 208 g/mol. The number of rotatable bonds is 2. The first-order valence-electron chi connectivity index (χ1n) is 5.37. The van der Waals surface area contributed by atoms with Gasteiger partial charge in [-0.05, 0) is 17.9 Å². The summed E-state index contributed by atoms with van der Waals surface area (Å²) < 4.78 is 0. The first kappa shape index (κ1) is 16.6. The standard InChI is InChI=1S/C9H12.C4H8.2CH4/c1-2-6-9-7-4-3-5-8-9;1-4-2-3-4;;/h3-5,7-8H,2,6H2,1H3;4H,2-3H2,1H3;2*1H4. The summed E-state index contributed by atoms with van der Waals surface area (Å²) in [6, 6.07) is 10.6. The largest absolute Gasteiger partial charge is 0.0776 e. The summed E-state index contributed by atoms with van der Waals surface area (Å²) in [5.41, 5.74) is 1.44. The minimum absolute atomic E-state index is 0. The van der Waals surface area contributed by atoms with E-state index in [-0.39, 0.29) is 14.9 Å². The van der Waals surface area contributed by atoms with Crippen molar-refractivity contribution in [2.24, 2.45) is 5.92 Å². The SMILES string of the molecule is C.C.CC1CC1.CCCc1ccccc1. The van der Waals surface area contributed by atoms with Gasteiger partial charge in [0.25, 0.3) is 0 Å². The fraction of sp³-hybridized carbons (Fsp3) is 0.600. The van der Waals surface area contributed by atoms with Crippen molar-refractivity contribution in [2.45, 2.75) is 54.4 Å². The average Bonchev–Trinajstić information content (AvgIpc) is 2.91. The zero-order valence-corrected chi connectivity index (χ0v) is 8.79. The molecule has 2 rings (SSSR count). The second kappa shape index (κ2) is 9.76. The highest BCUT2D eigenvalue weighted by Crippen LogP contribution is 2.26. The van der Waals surface area contributed by atoms with E-state index in [0.29, 0.717) is 0 Å². The lowest BCUT2D eigenvalue weighted by Crippen LogP contribution is -1.78. The Balaban J connectivity index is 0. The van der Waals surface area contributed by atoms with E-state index in [9.17, 15) is 0 Å². The molecule has 0 aromatic heterocycles. The van der Waals surface area contributed by atoms with E-state index >= 15 is 0 Å². The molecular formula is C15H28. The van der Waals surface area contributed by atoms with Crippen LogP contribution in [0, 0.1) is 5.92 Å². The van der Waals surface area contributed by atoms with Gasteiger partial charge in [0.15, 0.2) is 0 Å². The van der Waals surface area contributed by atoms with Gasteiger partial charge in [0.05, 0.1) is 0 Å². The second-order valence-corrected chi connectivity index (χ2v) is 3.92. The Morgan fingerprint density at radius 1 is 1.07 bits per heavy atom. The molecule has 1 fully saturated rings. The molecule has 0 N–H and O–H groups in total. The van der Waals surface area contributed by atoms with Crippen LogP contribution in [0.15, 0.2) is 30.3 Å². The van der Waals surface area contributed by atoms with Gasteiger partial charge in [-0.25, -0.2) is 0 Å². The maximum absolute atomic E-state index is 2.28. The van der Waals surface area contributed by atoms with Crippen molar-refractivity contribution >= 4 is 0 Å². The third kappa shape index (κ3) is 9.52. The molecule has 0 saturated heterocycles. The van der Waals surface area contributed by atoms with E-state index in [1.165, 1.54) is 31.2 Å². The zero-order valence-electron chi connectivity index (χ0n) is 8.79. The molecule has 0 heterocycles. The van der Waals surface area contributed by atoms with Crippen molar-refractivity contribution in [3.05, 3.63) is 35.9 Å². The minimum atomic E-state index is 0. The van der Waals surface area contributed by atoms with Crippen LogP contribution in [0.1, 0.15) is 53.5 Å². The van der Waals surface area contributed by atoms with Gasteiger partial charge >= 0.3 is 0 Å². The normalized spacial score (nSPS) is 12.7. The molecule has 0 aliphatic heterocycles. The summed E-state index contributed by atoms with van der Waals surface area (Å²) in [7, 11) is 0. The molecule has 0 nitrogen and oxygen atoms in total. The zero-order chi connectivity index (χ0) is 9.52. The van der Waals surface area contributed by atoms with Crippen molar-refractivity contribution in [1.82, 2.24) is 0 Å². The van der Waals surface area contributed by atoms with Crippen molar-refractivity contribution < 1.29 is 0 Å². The number of benzene rings is 1. The van der Waals surface area contributed by atoms with E-state index in [1.54, 1.807) is 0 Å². The van der Waals surface area contributed by atoms with Crippen molar-refractivity contribution in [3.63, 3.8) is 0 Å². The van der Waals surface area contributed by atoms with Gasteiger partial charge in [-0.3, -0.25) is 0 Å². The lowest BCUT2D eigenvalue weighted by atomic mass is 10.1. The third-order valence-corrected chi connectivity index (χ3v) is 2.25. The first-order chi connectivity index (χ1) is 6.33. The van der Waals surface area contributed by atoms with E-state index in [1.807, 2.05) is 0 Å². The van der Waals surface area contributed by atoms with Crippen LogP contribution in [0.5, 0.6) is 0 Å². The quantitative estimate of drug-likeness (QED) is 0.616. The van der Waals surface area contributed by atoms with Crippen LogP contribution in [0.4, 0.5) is 0 Å². The van der Waals surface area contributed by atoms with Crippen LogP contribution in [0.3, 0.4) is 0 Å². The van der Waals surface area contributed by atoms with Gasteiger partial charge in [0.1, 0.15) is 0 Å². The summed E-state index contributed by atoms with van der Waals surface area (Å²) in [6.45, 7) is 4.48. The van der Waals surface area contributed by atoms with Gasteiger partial charge < -0.3 is 0 Å². The van der Waals surface area contributed by atoms with Gasteiger partial charge in [-0.15, -0.1) is 0 Å². The van der Waals surface area contributed by atoms with E-state index in [4.69, 9.17) is 0 Å². The Morgan fingerprint density at radius 3 is 1.87 bits per heavy atom. The van der Waals surface area contributed by atoms with Crippen LogP contribution in [-0.4, -0.2) is 0 Å². The molecule has 1 aliphatic rings. The fourth-order valence-electron chi connectivity index (χ4n) is 1.10. The molecule has 0 bridgehead atoms. The Labute approximate surface area is 96.7 Å². The molecule has 0 radical (unpaired) electrons. The lowest BCUT2D eigenvalue weighted by Gasteiger charge is -1.93. The fourth-order valence-corrected chi connectivity index (χ4v) is 1.10. The number of aryl methyl sites for hydroxylation is 1. The summed E-state index contributed by atoms with van der Waals surface area (Å²) in [5, 5.41) is 0. The number of hydrogen-bond donors (Lipinski definition) is 0. The summed E-state index contributed by atoms with van der Waals surface area (Å²) in [4.78, 5) is 0. The molecule has 88 valence electrons. The van der Waals surface area contributed by atoms with Gasteiger partial charge in [-0.2, -0.15) is 0 Å². The maximum atomic E-state index is 2.28. The monoisotopic (exact) mass is 208 g/mol. The summed E-state index contributed by atoms with van der Waals surface area (Å²) in [6.07, 6.45) is 5.42. The third-order valence-electron chi connectivity index (χ3n) is 2.25. The van der Waals surface area contributed by atoms with E-state index < -0.39 is 0 Å². The topological polar surface area (TPSA) is 0 Å². The lowest BCUT2D eigenvalue weighted by molar-refractivity contribution is 0.922. The van der Waals surface area contributed by atoms with Crippen molar-refractivity contribution in [2.75, 3.05) is 0 Å². The van der Waals surface area contributed by atoms with Gasteiger partial charge in [-0.1, -0.05) is 78.3 Å². The molecule has 0 spiro atoms. The highest BCUT2D eigenvalue weighted by atomic mass is 14.2. The highest BCUT2D eigenvalue weighted by molar-refractivity contribution is 5.14. The Morgan fingerprint density at radius 2 is 1.53 bits per heavy atom. The van der Waals surface area contributed by atoms with E-state index in [2.05, 4.69) is 44.2 Å². The first-order valence-corrected chi connectivity index (χ1v) is 5.37. The van der Waals surface area contributed by atoms with Crippen molar-refractivity contribution in [1.29, 1.82) is 0 Å². The Kier molecular flexibility index (Phi) is 10.8. The molecule has 1 aromatic rings. The minimum Gasteiger partial charge on any atom is -0.0776 e. The van der Waals surface area contributed by atoms with Crippen LogP contribution >= 0.6 is 0 Å². The predicted octanol–water partition coefficient (Wildman–Crippen LogP) is 5.33. The van der Waals surface area contributed by atoms with Crippen molar-refractivity contribution in [3.8, 4) is 0 Å². The smallest absolute Gasteiger partial charge is 0.0281 e. The van der Waals surface area contributed by atoms with Crippen LogP contribution < -0.4 is 0 Å². The second-order valence-electron chi connectivity index (χ2n) is 3.92. The molecule has 1 saturated carbocycles. The molecule has 0 heteroatoms. The van der Waals surface area contributed by atoms with Gasteiger partial charge in [0.2, 0.25) is 0 Å².